The average Bonchev–Trinajstić information content (AvgIpc) is 2.18. The quantitative estimate of drug-likeness (QED) is 0.541. The van der Waals surface area contributed by atoms with Crippen LogP contribution in [0.5, 0.6) is 11.5 Å². The van der Waals surface area contributed by atoms with E-state index in [-0.39, 0.29) is 17.1 Å². The average molecular weight is 179 g/mol. The molecule has 0 aliphatic heterocycles. The summed E-state index contributed by atoms with van der Waals surface area (Å²) in [6, 6.07) is 2.83. The zero-order valence-electron chi connectivity index (χ0n) is 7.07. The highest BCUT2D eigenvalue weighted by Crippen LogP contribution is 2.29. The Balaban J connectivity index is 3.36. The maximum Gasteiger partial charge on any atom is 0.166 e. The first-order valence-electron chi connectivity index (χ1n) is 3.59. The number of aromatic hydroxyl groups is 1. The lowest BCUT2D eigenvalue weighted by Crippen LogP contribution is -1.91. The molecule has 0 amide bonds. The van der Waals surface area contributed by atoms with Gasteiger partial charge in [0.25, 0.3) is 0 Å². The van der Waals surface area contributed by atoms with Crippen LogP contribution >= 0.6 is 0 Å². The van der Waals surface area contributed by atoms with Gasteiger partial charge in [-0.1, -0.05) is 0 Å². The minimum absolute atomic E-state index is 0.122. The molecular weight excluding hydrogens is 170 g/mol. The largest absolute Gasteiger partial charge is 0.504 e. The van der Waals surface area contributed by atoms with E-state index in [0.717, 1.165) is 6.21 Å². The van der Waals surface area contributed by atoms with Gasteiger partial charge in [-0.3, -0.25) is 4.79 Å². The number of phenols is 1. The number of aldehydes is 1. The summed E-state index contributed by atoms with van der Waals surface area (Å²) in [5.74, 6) is 0.0752. The van der Waals surface area contributed by atoms with Crippen LogP contribution in [0.15, 0.2) is 12.1 Å². The Morgan fingerprint density at radius 2 is 2.23 bits per heavy atom. The third kappa shape index (κ3) is 1.66. The number of hydrogen-bond donors (Lipinski definition) is 2. The number of hydrogen-bond acceptors (Lipinski definition) is 4. The Hall–Kier alpha value is -1.84. The molecule has 1 rings (SSSR count). The van der Waals surface area contributed by atoms with E-state index in [9.17, 15) is 9.90 Å². The van der Waals surface area contributed by atoms with Crippen molar-refractivity contribution >= 4 is 12.5 Å². The predicted molar refractivity (Wildman–Crippen MR) is 47.9 cm³/mol. The van der Waals surface area contributed by atoms with Crippen LogP contribution in [0, 0.1) is 5.41 Å². The number of ether oxygens (including phenoxy) is 1. The zero-order chi connectivity index (χ0) is 9.84. The van der Waals surface area contributed by atoms with Crippen LogP contribution in [0.3, 0.4) is 0 Å². The molecule has 68 valence electrons. The second kappa shape index (κ2) is 3.71. The van der Waals surface area contributed by atoms with Gasteiger partial charge in [0.1, 0.15) is 6.29 Å². The van der Waals surface area contributed by atoms with E-state index in [2.05, 4.69) is 0 Å². The van der Waals surface area contributed by atoms with Crippen LogP contribution in [0.25, 0.3) is 0 Å². The van der Waals surface area contributed by atoms with Crippen LogP contribution in [-0.2, 0) is 0 Å². The van der Waals surface area contributed by atoms with Gasteiger partial charge in [0, 0.05) is 17.3 Å². The van der Waals surface area contributed by atoms with Crippen molar-refractivity contribution in [1.82, 2.24) is 0 Å². The van der Waals surface area contributed by atoms with Gasteiger partial charge >= 0.3 is 0 Å². The lowest BCUT2D eigenvalue weighted by molar-refractivity contribution is 0.112. The zero-order valence-corrected chi connectivity index (χ0v) is 7.07. The van der Waals surface area contributed by atoms with Crippen molar-refractivity contribution in [2.24, 2.45) is 0 Å². The Bertz CT molecular complexity index is 347. The highest BCUT2D eigenvalue weighted by molar-refractivity contribution is 5.87. The van der Waals surface area contributed by atoms with Gasteiger partial charge in [-0.2, -0.15) is 0 Å². The first-order chi connectivity index (χ1) is 6.22. The maximum absolute atomic E-state index is 10.4. The van der Waals surface area contributed by atoms with Crippen molar-refractivity contribution in [1.29, 1.82) is 5.41 Å². The molecule has 0 spiro atoms. The van der Waals surface area contributed by atoms with Gasteiger partial charge in [0.15, 0.2) is 11.5 Å². The van der Waals surface area contributed by atoms with Crippen LogP contribution in [0.1, 0.15) is 15.9 Å². The highest BCUT2D eigenvalue weighted by atomic mass is 16.5. The first kappa shape index (κ1) is 9.25. The predicted octanol–water partition coefficient (Wildman–Crippen LogP) is 1.21. The number of methoxy groups -OCH3 is 1. The lowest BCUT2D eigenvalue weighted by atomic mass is 10.1. The number of nitrogens with one attached hydrogen (secondary N) is 1. The molecule has 0 atom stereocenters. The smallest absolute Gasteiger partial charge is 0.166 e. The normalized spacial score (nSPS) is 9.31. The number of benzene rings is 1. The summed E-state index contributed by atoms with van der Waals surface area (Å²) in [5.41, 5.74) is 0.634. The fourth-order valence-corrected chi connectivity index (χ4v) is 0.985. The fraction of sp³-hybridized carbons (Fsp3) is 0.111. The van der Waals surface area contributed by atoms with Crippen LogP contribution < -0.4 is 4.74 Å². The molecule has 0 bridgehead atoms. The topological polar surface area (TPSA) is 70.4 Å². The number of phenolic OH excluding ortho intramolecular Hbond substituents is 1. The summed E-state index contributed by atoms with van der Waals surface area (Å²) >= 11 is 0. The SMILES string of the molecule is COc1cc(C=O)cc(C=N)c1O. The van der Waals surface area contributed by atoms with E-state index >= 15 is 0 Å². The molecule has 0 saturated carbocycles. The van der Waals surface area contributed by atoms with Crippen LogP contribution in [0.2, 0.25) is 0 Å². The molecule has 0 aliphatic carbocycles. The van der Waals surface area contributed by atoms with E-state index in [1.165, 1.54) is 19.2 Å². The summed E-state index contributed by atoms with van der Waals surface area (Å²) in [5, 5.41) is 16.4. The molecule has 0 aromatic heterocycles. The van der Waals surface area contributed by atoms with Gasteiger partial charge in [-0.25, -0.2) is 0 Å². The molecule has 4 heteroatoms. The summed E-state index contributed by atoms with van der Waals surface area (Å²) < 4.78 is 4.82. The molecule has 1 aromatic carbocycles. The number of carbonyl (C=O) groups is 1. The molecule has 0 unspecified atom stereocenters. The van der Waals surface area contributed by atoms with Crippen molar-refractivity contribution < 1.29 is 14.6 Å². The van der Waals surface area contributed by atoms with Gasteiger partial charge in [0.05, 0.1) is 7.11 Å². The van der Waals surface area contributed by atoms with Crippen molar-refractivity contribution in [3.8, 4) is 11.5 Å². The van der Waals surface area contributed by atoms with E-state index in [4.69, 9.17) is 10.1 Å². The number of carbonyl (C=O) groups excluding carboxylic acids is 1. The molecule has 0 saturated heterocycles. The second-order valence-corrected chi connectivity index (χ2v) is 2.42. The molecule has 0 aliphatic rings. The minimum atomic E-state index is -0.122. The van der Waals surface area contributed by atoms with E-state index in [1.54, 1.807) is 0 Å². The summed E-state index contributed by atoms with van der Waals surface area (Å²) in [6.45, 7) is 0. The van der Waals surface area contributed by atoms with E-state index < -0.39 is 0 Å². The van der Waals surface area contributed by atoms with Crippen LogP contribution in [-0.4, -0.2) is 24.7 Å². The summed E-state index contributed by atoms with van der Waals surface area (Å²) in [4.78, 5) is 10.4. The van der Waals surface area contributed by atoms with Gasteiger partial charge in [-0.15, -0.1) is 0 Å². The minimum Gasteiger partial charge on any atom is -0.504 e. The third-order valence-corrected chi connectivity index (χ3v) is 1.64. The van der Waals surface area contributed by atoms with Crippen LogP contribution in [0.4, 0.5) is 0 Å². The summed E-state index contributed by atoms with van der Waals surface area (Å²) in [6.07, 6.45) is 1.60. The van der Waals surface area contributed by atoms with Crippen molar-refractivity contribution in [3.63, 3.8) is 0 Å². The van der Waals surface area contributed by atoms with E-state index in [0.29, 0.717) is 11.8 Å². The summed E-state index contributed by atoms with van der Waals surface area (Å²) in [7, 11) is 1.39. The molecule has 1 aromatic rings. The molecule has 0 heterocycles. The van der Waals surface area contributed by atoms with Crippen molar-refractivity contribution in [2.75, 3.05) is 7.11 Å². The standard InChI is InChI=1S/C9H9NO3/c1-13-8-3-6(5-11)2-7(4-10)9(8)12/h2-5,10,12H,1H3. The fourth-order valence-electron chi connectivity index (χ4n) is 0.985. The molecule has 0 fully saturated rings. The Morgan fingerprint density at radius 1 is 1.54 bits per heavy atom. The van der Waals surface area contributed by atoms with Gasteiger partial charge in [-0.05, 0) is 12.1 Å². The Kier molecular flexibility index (Phi) is 2.64. The highest BCUT2D eigenvalue weighted by Gasteiger charge is 2.07. The molecule has 2 N–H and O–H groups in total. The second-order valence-electron chi connectivity index (χ2n) is 2.42. The monoisotopic (exact) mass is 179 g/mol. The van der Waals surface area contributed by atoms with Gasteiger partial charge in [0.2, 0.25) is 0 Å². The molecular formula is C9H9NO3. The molecule has 0 radical (unpaired) electrons. The first-order valence-corrected chi connectivity index (χ1v) is 3.59. The lowest BCUT2D eigenvalue weighted by Gasteiger charge is -2.06. The Morgan fingerprint density at radius 3 is 2.69 bits per heavy atom. The van der Waals surface area contributed by atoms with Crippen molar-refractivity contribution in [2.45, 2.75) is 0 Å². The van der Waals surface area contributed by atoms with Crippen molar-refractivity contribution in [3.05, 3.63) is 23.3 Å². The molecule has 13 heavy (non-hydrogen) atoms. The number of rotatable bonds is 3. The third-order valence-electron chi connectivity index (χ3n) is 1.64. The Labute approximate surface area is 75.3 Å². The maximum atomic E-state index is 10.4. The molecule has 4 nitrogen and oxygen atoms in total. The van der Waals surface area contributed by atoms with Gasteiger partial charge < -0.3 is 15.3 Å². The van der Waals surface area contributed by atoms with E-state index in [1.807, 2.05) is 0 Å².